The maximum absolute atomic E-state index is 12.5. The number of rotatable bonds is 4. The number of anilines is 1. The van der Waals surface area contributed by atoms with Gasteiger partial charge in [0.1, 0.15) is 0 Å². The molecule has 0 aliphatic carbocycles. The number of benzene rings is 2. The van der Waals surface area contributed by atoms with Gasteiger partial charge >= 0.3 is 0 Å². The third-order valence-electron chi connectivity index (χ3n) is 4.73. The number of likely N-dealkylation sites (tertiary alicyclic amines) is 1. The van der Waals surface area contributed by atoms with E-state index in [1.54, 1.807) is 29.2 Å². The van der Waals surface area contributed by atoms with Gasteiger partial charge in [0.2, 0.25) is 5.91 Å². The number of carbonyl (C=O) groups is 3. The Balaban J connectivity index is 1.53. The number of hydrogen-bond donors (Lipinski definition) is 1. The zero-order valence-electron chi connectivity index (χ0n) is 14.8. The van der Waals surface area contributed by atoms with Crippen LogP contribution < -0.4 is 5.32 Å². The van der Waals surface area contributed by atoms with Gasteiger partial charge in [0.05, 0.1) is 0 Å². The highest BCUT2D eigenvalue weighted by molar-refractivity contribution is 5.96. The van der Waals surface area contributed by atoms with Gasteiger partial charge in [-0.25, -0.2) is 0 Å². The van der Waals surface area contributed by atoms with Crippen molar-refractivity contribution in [2.75, 3.05) is 18.4 Å². The van der Waals surface area contributed by atoms with Crippen molar-refractivity contribution in [2.24, 2.45) is 5.92 Å². The van der Waals surface area contributed by atoms with Gasteiger partial charge < -0.3 is 10.2 Å². The SMILES string of the molecule is CC(=O)c1ccc(NC(=O)C2CCN(C(=O)c3ccccc3)CC2)cc1. The van der Waals surface area contributed by atoms with E-state index in [-0.39, 0.29) is 23.5 Å². The van der Waals surface area contributed by atoms with Crippen LogP contribution in [0.25, 0.3) is 0 Å². The highest BCUT2D eigenvalue weighted by atomic mass is 16.2. The first-order valence-electron chi connectivity index (χ1n) is 8.81. The predicted octanol–water partition coefficient (Wildman–Crippen LogP) is 3.38. The Labute approximate surface area is 153 Å². The summed E-state index contributed by atoms with van der Waals surface area (Å²) in [4.78, 5) is 38.0. The van der Waals surface area contributed by atoms with E-state index in [0.29, 0.717) is 42.7 Å². The zero-order valence-corrected chi connectivity index (χ0v) is 14.8. The molecule has 1 aliphatic heterocycles. The summed E-state index contributed by atoms with van der Waals surface area (Å²) >= 11 is 0. The van der Waals surface area contributed by atoms with Crippen molar-refractivity contribution in [1.29, 1.82) is 0 Å². The number of nitrogens with one attached hydrogen (secondary N) is 1. The van der Waals surface area contributed by atoms with Gasteiger partial charge in [-0.3, -0.25) is 14.4 Å². The van der Waals surface area contributed by atoms with E-state index in [2.05, 4.69) is 5.32 Å². The quantitative estimate of drug-likeness (QED) is 0.860. The Morgan fingerprint density at radius 3 is 2.08 bits per heavy atom. The lowest BCUT2D eigenvalue weighted by atomic mass is 9.95. The summed E-state index contributed by atoms with van der Waals surface area (Å²) in [6, 6.07) is 16.1. The van der Waals surface area contributed by atoms with Crippen LogP contribution in [0.4, 0.5) is 5.69 Å². The third kappa shape index (κ3) is 4.17. The zero-order chi connectivity index (χ0) is 18.5. The number of hydrogen-bond acceptors (Lipinski definition) is 3. The van der Waals surface area contributed by atoms with Crippen molar-refractivity contribution < 1.29 is 14.4 Å². The summed E-state index contributed by atoms with van der Waals surface area (Å²) in [7, 11) is 0. The third-order valence-corrected chi connectivity index (χ3v) is 4.73. The van der Waals surface area contributed by atoms with Crippen LogP contribution >= 0.6 is 0 Å². The van der Waals surface area contributed by atoms with Crippen LogP contribution in [0.3, 0.4) is 0 Å². The van der Waals surface area contributed by atoms with Crippen molar-refractivity contribution in [2.45, 2.75) is 19.8 Å². The van der Waals surface area contributed by atoms with Crippen LogP contribution in [0.15, 0.2) is 54.6 Å². The Kier molecular flexibility index (Phi) is 5.46. The van der Waals surface area contributed by atoms with Crippen LogP contribution in [-0.2, 0) is 4.79 Å². The average Bonchev–Trinajstić information content (AvgIpc) is 2.68. The molecule has 0 bridgehead atoms. The first-order chi connectivity index (χ1) is 12.5. The second kappa shape index (κ2) is 7.95. The second-order valence-electron chi connectivity index (χ2n) is 6.56. The first kappa shape index (κ1) is 17.9. The highest BCUT2D eigenvalue weighted by Crippen LogP contribution is 2.21. The normalized spacial score (nSPS) is 14.7. The van der Waals surface area contributed by atoms with E-state index in [4.69, 9.17) is 0 Å². The molecule has 2 amide bonds. The summed E-state index contributed by atoms with van der Waals surface area (Å²) in [5, 5.41) is 2.90. The summed E-state index contributed by atoms with van der Waals surface area (Å²) in [6.45, 7) is 2.67. The number of nitrogens with zero attached hydrogens (tertiary/aromatic N) is 1. The molecule has 0 radical (unpaired) electrons. The molecule has 1 saturated heterocycles. The molecule has 0 atom stereocenters. The highest BCUT2D eigenvalue weighted by Gasteiger charge is 2.27. The Bertz CT molecular complexity index is 792. The lowest BCUT2D eigenvalue weighted by Crippen LogP contribution is -2.41. The molecule has 3 rings (SSSR count). The van der Waals surface area contributed by atoms with E-state index in [9.17, 15) is 14.4 Å². The second-order valence-corrected chi connectivity index (χ2v) is 6.56. The summed E-state index contributed by atoms with van der Waals surface area (Å²) in [6.07, 6.45) is 1.30. The van der Waals surface area contributed by atoms with Crippen molar-refractivity contribution in [3.8, 4) is 0 Å². The van der Waals surface area contributed by atoms with Crippen molar-refractivity contribution >= 4 is 23.3 Å². The Morgan fingerprint density at radius 1 is 0.885 bits per heavy atom. The minimum absolute atomic E-state index is 0.00154. The molecule has 0 spiro atoms. The first-order valence-corrected chi connectivity index (χ1v) is 8.81. The van der Waals surface area contributed by atoms with E-state index in [1.807, 2.05) is 30.3 Å². The van der Waals surface area contributed by atoms with Gasteiger partial charge in [-0.05, 0) is 56.2 Å². The largest absolute Gasteiger partial charge is 0.339 e. The van der Waals surface area contributed by atoms with Gasteiger partial charge in [-0.15, -0.1) is 0 Å². The van der Waals surface area contributed by atoms with Crippen LogP contribution in [-0.4, -0.2) is 35.6 Å². The van der Waals surface area contributed by atoms with Crippen molar-refractivity contribution in [3.05, 3.63) is 65.7 Å². The molecule has 2 aromatic rings. The molecule has 26 heavy (non-hydrogen) atoms. The fourth-order valence-corrected chi connectivity index (χ4v) is 3.14. The predicted molar refractivity (Wildman–Crippen MR) is 100 cm³/mol. The smallest absolute Gasteiger partial charge is 0.253 e. The van der Waals surface area contributed by atoms with Gasteiger partial charge in [-0.2, -0.15) is 0 Å². The van der Waals surface area contributed by atoms with E-state index in [1.165, 1.54) is 6.92 Å². The minimum Gasteiger partial charge on any atom is -0.339 e. The topological polar surface area (TPSA) is 66.5 Å². The summed E-state index contributed by atoms with van der Waals surface area (Å²) < 4.78 is 0. The maximum Gasteiger partial charge on any atom is 0.253 e. The fourth-order valence-electron chi connectivity index (χ4n) is 3.14. The molecule has 0 unspecified atom stereocenters. The Morgan fingerprint density at radius 2 is 1.50 bits per heavy atom. The van der Waals surface area contributed by atoms with Gasteiger partial charge in [0, 0.05) is 35.8 Å². The summed E-state index contributed by atoms with van der Waals surface area (Å²) in [5.41, 5.74) is 1.99. The van der Waals surface area contributed by atoms with Crippen LogP contribution in [0.2, 0.25) is 0 Å². The number of carbonyl (C=O) groups excluding carboxylic acids is 3. The number of piperidine rings is 1. The lowest BCUT2D eigenvalue weighted by Gasteiger charge is -2.31. The molecule has 0 saturated carbocycles. The molecule has 5 heteroatoms. The van der Waals surface area contributed by atoms with Crippen LogP contribution in [0.1, 0.15) is 40.5 Å². The number of amides is 2. The average molecular weight is 350 g/mol. The molecule has 134 valence electrons. The maximum atomic E-state index is 12.5. The number of Topliss-reactive ketones (excluding diaryl/α,β-unsaturated/α-hetero) is 1. The monoisotopic (exact) mass is 350 g/mol. The van der Waals surface area contributed by atoms with Gasteiger partial charge in [0.15, 0.2) is 5.78 Å². The molecule has 1 N–H and O–H groups in total. The molecule has 0 aromatic heterocycles. The van der Waals surface area contributed by atoms with E-state index < -0.39 is 0 Å². The van der Waals surface area contributed by atoms with Gasteiger partial charge in [0.25, 0.3) is 5.91 Å². The fraction of sp³-hybridized carbons (Fsp3) is 0.286. The van der Waals surface area contributed by atoms with Crippen molar-refractivity contribution in [1.82, 2.24) is 4.90 Å². The molecule has 1 aliphatic rings. The van der Waals surface area contributed by atoms with Gasteiger partial charge in [-0.1, -0.05) is 18.2 Å². The molecular formula is C21H22N2O3. The Hall–Kier alpha value is -2.95. The lowest BCUT2D eigenvalue weighted by molar-refractivity contribution is -0.121. The van der Waals surface area contributed by atoms with Crippen molar-refractivity contribution in [3.63, 3.8) is 0 Å². The standard InChI is InChI=1S/C21H22N2O3/c1-15(24)16-7-9-19(10-8-16)22-20(25)17-11-13-23(14-12-17)21(26)18-5-3-2-4-6-18/h2-10,17H,11-14H2,1H3,(H,22,25). The molecular weight excluding hydrogens is 328 g/mol. The molecule has 2 aromatic carbocycles. The summed E-state index contributed by atoms with van der Waals surface area (Å²) in [5.74, 6) is -0.127. The number of ketones is 1. The van der Waals surface area contributed by atoms with Crippen LogP contribution in [0.5, 0.6) is 0 Å². The minimum atomic E-state index is -0.109. The van der Waals surface area contributed by atoms with E-state index in [0.717, 1.165) is 0 Å². The molecule has 5 nitrogen and oxygen atoms in total. The van der Waals surface area contributed by atoms with E-state index >= 15 is 0 Å². The molecule has 1 heterocycles. The van der Waals surface area contributed by atoms with Crippen LogP contribution in [0, 0.1) is 5.92 Å². The molecule has 1 fully saturated rings.